The zero-order valence-electron chi connectivity index (χ0n) is 14.8. The smallest absolute Gasteiger partial charge is 0.277 e. The van der Waals surface area contributed by atoms with Crippen molar-refractivity contribution in [3.8, 4) is 11.5 Å². The van der Waals surface area contributed by atoms with E-state index in [2.05, 4.69) is 17.1 Å². The van der Waals surface area contributed by atoms with Crippen LogP contribution in [0.1, 0.15) is 16.7 Å². The molecule has 0 aromatic heterocycles. The van der Waals surface area contributed by atoms with Gasteiger partial charge in [0.1, 0.15) is 18.1 Å². The minimum atomic E-state index is -0.365. The molecule has 0 fully saturated rings. The van der Waals surface area contributed by atoms with E-state index in [0.29, 0.717) is 23.1 Å². The average Bonchev–Trinajstić information content (AvgIpc) is 2.63. The highest BCUT2D eigenvalue weighted by molar-refractivity contribution is 6.32. The van der Waals surface area contributed by atoms with Gasteiger partial charge in [-0.25, -0.2) is 5.43 Å². The van der Waals surface area contributed by atoms with Crippen LogP contribution in [0.5, 0.6) is 11.5 Å². The SMILES string of the molecule is C=CCOc1ccccc1/C=N/NC(=O)COc1cc(C)c(Cl)c(C)c1. The number of benzene rings is 2. The minimum Gasteiger partial charge on any atom is -0.489 e. The molecule has 6 heteroatoms. The molecule has 26 heavy (non-hydrogen) atoms. The number of halogens is 1. The first-order valence-corrected chi connectivity index (χ1v) is 8.43. The number of aryl methyl sites for hydroxylation is 2. The van der Waals surface area contributed by atoms with Gasteiger partial charge in [-0.1, -0.05) is 36.4 Å². The second-order valence-corrected chi connectivity index (χ2v) is 5.97. The van der Waals surface area contributed by atoms with E-state index in [9.17, 15) is 4.79 Å². The number of carbonyl (C=O) groups excluding carboxylic acids is 1. The quantitative estimate of drug-likeness (QED) is 0.432. The van der Waals surface area contributed by atoms with Crippen LogP contribution in [0, 0.1) is 13.8 Å². The van der Waals surface area contributed by atoms with Gasteiger partial charge in [-0.3, -0.25) is 4.79 Å². The van der Waals surface area contributed by atoms with E-state index in [4.69, 9.17) is 21.1 Å². The molecular weight excluding hydrogens is 352 g/mol. The Balaban J connectivity index is 1.89. The van der Waals surface area contributed by atoms with Crippen LogP contribution in [0.4, 0.5) is 0 Å². The van der Waals surface area contributed by atoms with Crippen molar-refractivity contribution in [1.29, 1.82) is 0 Å². The highest BCUT2D eigenvalue weighted by Gasteiger charge is 2.06. The molecule has 136 valence electrons. The van der Waals surface area contributed by atoms with Gasteiger partial charge in [-0.05, 0) is 49.2 Å². The van der Waals surface area contributed by atoms with Crippen LogP contribution < -0.4 is 14.9 Å². The molecule has 1 amide bonds. The fourth-order valence-corrected chi connectivity index (χ4v) is 2.32. The van der Waals surface area contributed by atoms with E-state index in [0.717, 1.165) is 16.7 Å². The number of nitrogens with zero attached hydrogens (tertiary/aromatic N) is 1. The van der Waals surface area contributed by atoms with E-state index >= 15 is 0 Å². The third-order valence-electron chi connectivity index (χ3n) is 3.45. The van der Waals surface area contributed by atoms with E-state index in [1.807, 2.05) is 38.1 Å². The maximum absolute atomic E-state index is 11.9. The fourth-order valence-electron chi connectivity index (χ4n) is 2.21. The van der Waals surface area contributed by atoms with Gasteiger partial charge in [0.2, 0.25) is 0 Å². The number of rotatable bonds is 8. The summed E-state index contributed by atoms with van der Waals surface area (Å²) in [6.45, 7) is 7.64. The average molecular weight is 373 g/mol. The van der Waals surface area contributed by atoms with Crippen molar-refractivity contribution in [2.75, 3.05) is 13.2 Å². The molecule has 0 spiro atoms. The van der Waals surface area contributed by atoms with Crippen molar-refractivity contribution in [2.24, 2.45) is 5.10 Å². The summed E-state index contributed by atoms with van der Waals surface area (Å²) in [5.74, 6) is 0.886. The monoisotopic (exact) mass is 372 g/mol. The number of carbonyl (C=O) groups is 1. The van der Waals surface area contributed by atoms with Crippen LogP contribution in [0.2, 0.25) is 5.02 Å². The van der Waals surface area contributed by atoms with Gasteiger partial charge in [-0.15, -0.1) is 0 Å². The van der Waals surface area contributed by atoms with Crippen LogP contribution in [-0.4, -0.2) is 25.3 Å². The fraction of sp³-hybridized carbons (Fsp3) is 0.200. The lowest BCUT2D eigenvalue weighted by atomic mass is 10.1. The van der Waals surface area contributed by atoms with Crippen molar-refractivity contribution in [3.63, 3.8) is 0 Å². The van der Waals surface area contributed by atoms with Crippen LogP contribution in [0.15, 0.2) is 54.2 Å². The minimum absolute atomic E-state index is 0.146. The number of hydrogen-bond donors (Lipinski definition) is 1. The van der Waals surface area contributed by atoms with Gasteiger partial charge in [0.05, 0.1) is 6.21 Å². The number of ether oxygens (including phenoxy) is 2. The standard InChI is InChI=1S/C20H21ClN2O3/c1-4-9-25-18-8-6-5-7-16(18)12-22-23-19(24)13-26-17-10-14(2)20(21)15(3)11-17/h4-8,10-12H,1,9,13H2,2-3H3,(H,23,24)/b22-12+. The largest absolute Gasteiger partial charge is 0.489 e. The van der Waals surface area contributed by atoms with Gasteiger partial charge >= 0.3 is 0 Å². The van der Waals surface area contributed by atoms with Crippen molar-refractivity contribution in [2.45, 2.75) is 13.8 Å². The first-order valence-electron chi connectivity index (χ1n) is 8.05. The topological polar surface area (TPSA) is 59.9 Å². The van der Waals surface area contributed by atoms with Crippen molar-refractivity contribution in [1.82, 2.24) is 5.43 Å². The Morgan fingerprint density at radius 2 is 1.92 bits per heavy atom. The Kier molecular flexibility index (Phi) is 7.24. The molecule has 0 saturated heterocycles. The number of nitrogens with one attached hydrogen (secondary N) is 1. The molecule has 0 aliphatic rings. The van der Waals surface area contributed by atoms with Crippen LogP contribution in [0.25, 0.3) is 0 Å². The summed E-state index contributed by atoms with van der Waals surface area (Å²) in [4.78, 5) is 11.9. The molecule has 0 bridgehead atoms. The summed E-state index contributed by atoms with van der Waals surface area (Å²) < 4.78 is 11.0. The Hall–Kier alpha value is -2.79. The predicted molar refractivity (Wildman–Crippen MR) is 104 cm³/mol. The van der Waals surface area contributed by atoms with Crippen molar-refractivity contribution in [3.05, 3.63) is 70.8 Å². The second kappa shape index (κ2) is 9.63. The van der Waals surface area contributed by atoms with E-state index < -0.39 is 0 Å². The number of hydrogen-bond acceptors (Lipinski definition) is 4. The molecule has 0 aliphatic heterocycles. The summed E-state index contributed by atoms with van der Waals surface area (Å²) >= 11 is 6.11. The lowest BCUT2D eigenvalue weighted by Gasteiger charge is -2.09. The molecule has 1 N–H and O–H groups in total. The Bertz CT molecular complexity index is 795. The molecule has 0 atom stereocenters. The Morgan fingerprint density at radius 1 is 1.23 bits per heavy atom. The lowest BCUT2D eigenvalue weighted by Crippen LogP contribution is -2.24. The first kappa shape index (κ1) is 19.5. The molecule has 2 aromatic carbocycles. The highest BCUT2D eigenvalue weighted by Crippen LogP contribution is 2.25. The lowest BCUT2D eigenvalue weighted by molar-refractivity contribution is -0.123. The Labute approximate surface area is 158 Å². The van der Waals surface area contributed by atoms with Gasteiger partial charge in [0.25, 0.3) is 5.91 Å². The molecule has 0 unspecified atom stereocenters. The van der Waals surface area contributed by atoms with Gasteiger partial charge < -0.3 is 9.47 Å². The summed E-state index contributed by atoms with van der Waals surface area (Å²) in [7, 11) is 0. The maximum atomic E-state index is 11.9. The Morgan fingerprint density at radius 3 is 2.62 bits per heavy atom. The van der Waals surface area contributed by atoms with E-state index in [-0.39, 0.29) is 12.5 Å². The summed E-state index contributed by atoms with van der Waals surface area (Å²) in [5.41, 5.74) is 4.98. The number of hydrazone groups is 1. The third-order valence-corrected chi connectivity index (χ3v) is 4.04. The van der Waals surface area contributed by atoms with Gasteiger partial charge in [0, 0.05) is 10.6 Å². The predicted octanol–water partition coefficient (Wildman–Crippen LogP) is 4.05. The van der Waals surface area contributed by atoms with Crippen molar-refractivity contribution >= 4 is 23.7 Å². The molecule has 0 aliphatic carbocycles. The molecule has 0 radical (unpaired) electrons. The van der Waals surface area contributed by atoms with Gasteiger partial charge in [-0.2, -0.15) is 5.10 Å². The van der Waals surface area contributed by atoms with Crippen molar-refractivity contribution < 1.29 is 14.3 Å². The number of amides is 1. The summed E-state index contributed by atoms with van der Waals surface area (Å²) in [6.07, 6.45) is 3.18. The highest BCUT2D eigenvalue weighted by atomic mass is 35.5. The molecule has 5 nitrogen and oxygen atoms in total. The van der Waals surface area contributed by atoms with Crippen LogP contribution in [-0.2, 0) is 4.79 Å². The third kappa shape index (κ3) is 5.63. The van der Waals surface area contributed by atoms with E-state index in [1.54, 1.807) is 18.2 Å². The molecule has 0 saturated carbocycles. The second-order valence-electron chi connectivity index (χ2n) is 5.59. The zero-order chi connectivity index (χ0) is 18.9. The summed E-state index contributed by atoms with van der Waals surface area (Å²) in [6, 6.07) is 11.0. The molecular formula is C20H21ClN2O3. The normalized spacial score (nSPS) is 10.6. The van der Waals surface area contributed by atoms with Crippen LogP contribution in [0.3, 0.4) is 0 Å². The molecule has 2 aromatic rings. The zero-order valence-corrected chi connectivity index (χ0v) is 15.5. The maximum Gasteiger partial charge on any atom is 0.277 e. The van der Waals surface area contributed by atoms with E-state index in [1.165, 1.54) is 6.21 Å². The van der Waals surface area contributed by atoms with Crippen LogP contribution >= 0.6 is 11.6 Å². The molecule has 2 rings (SSSR count). The number of para-hydroxylation sites is 1. The van der Waals surface area contributed by atoms with Gasteiger partial charge in [0.15, 0.2) is 6.61 Å². The summed E-state index contributed by atoms with van der Waals surface area (Å²) in [5, 5.41) is 4.64. The molecule has 0 heterocycles. The first-order chi connectivity index (χ1) is 12.5.